The zero-order valence-electron chi connectivity index (χ0n) is 13.0. The van der Waals surface area contributed by atoms with E-state index in [1.54, 1.807) is 6.20 Å². The quantitative estimate of drug-likeness (QED) is 0.929. The zero-order chi connectivity index (χ0) is 15.5. The summed E-state index contributed by atoms with van der Waals surface area (Å²) in [5.74, 6) is 0.557. The fourth-order valence-corrected chi connectivity index (χ4v) is 2.39. The van der Waals surface area contributed by atoms with E-state index in [2.05, 4.69) is 36.1 Å². The molecule has 4 heteroatoms. The zero-order valence-corrected chi connectivity index (χ0v) is 13.0. The average Bonchev–Trinajstić information content (AvgIpc) is 2.39. The highest BCUT2D eigenvalue weighted by atomic mass is 19.1. The number of aromatic nitrogens is 2. The minimum atomic E-state index is -0.210. The number of hydrogen-bond donors (Lipinski definition) is 1. The molecule has 0 spiro atoms. The Morgan fingerprint density at radius 2 is 1.81 bits per heavy atom. The molecule has 1 N–H and O–H groups in total. The van der Waals surface area contributed by atoms with Crippen molar-refractivity contribution in [3.8, 4) is 0 Å². The van der Waals surface area contributed by atoms with Crippen LogP contribution < -0.4 is 5.32 Å². The van der Waals surface area contributed by atoms with Gasteiger partial charge in [-0.1, -0.05) is 32.9 Å². The Morgan fingerprint density at radius 1 is 1.14 bits per heavy atom. The molecule has 0 amide bonds. The summed E-state index contributed by atoms with van der Waals surface area (Å²) in [6, 6.07) is 8.71. The Morgan fingerprint density at radius 3 is 2.38 bits per heavy atom. The number of halogens is 1. The molecule has 0 fully saturated rings. The lowest BCUT2D eigenvalue weighted by Gasteiger charge is -2.32. The highest BCUT2D eigenvalue weighted by Gasteiger charge is 2.25. The number of nitrogens with one attached hydrogen (secondary N) is 1. The topological polar surface area (TPSA) is 37.8 Å². The van der Waals surface area contributed by atoms with Crippen molar-refractivity contribution in [2.45, 2.75) is 40.3 Å². The first-order valence-corrected chi connectivity index (χ1v) is 7.13. The average molecular weight is 287 g/mol. The van der Waals surface area contributed by atoms with Crippen molar-refractivity contribution in [3.05, 3.63) is 59.4 Å². The molecule has 0 saturated heterocycles. The minimum Gasteiger partial charge on any atom is -0.304 e. The summed E-state index contributed by atoms with van der Waals surface area (Å²) in [4.78, 5) is 8.50. The Hall–Kier alpha value is -1.81. The van der Waals surface area contributed by atoms with Gasteiger partial charge in [-0.3, -0.25) is 0 Å². The van der Waals surface area contributed by atoms with Crippen LogP contribution in [0.25, 0.3) is 0 Å². The highest BCUT2D eigenvalue weighted by molar-refractivity contribution is 5.22. The summed E-state index contributed by atoms with van der Waals surface area (Å²) in [6.07, 6.45) is 1.77. The normalized spacial score (nSPS) is 13.2. The lowest BCUT2D eigenvalue weighted by atomic mass is 9.82. The summed E-state index contributed by atoms with van der Waals surface area (Å²) in [7, 11) is 0. The second kappa shape index (κ2) is 6.31. The molecule has 3 nitrogen and oxygen atoms in total. The summed E-state index contributed by atoms with van der Waals surface area (Å²) in [5, 5.41) is 3.53. The van der Waals surface area contributed by atoms with Gasteiger partial charge in [-0.15, -0.1) is 0 Å². The molecular formula is C17H22FN3. The van der Waals surface area contributed by atoms with Crippen LogP contribution in [0.2, 0.25) is 0 Å². The van der Waals surface area contributed by atoms with Gasteiger partial charge in [0.25, 0.3) is 0 Å². The molecule has 0 saturated carbocycles. The molecule has 2 aromatic rings. The van der Waals surface area contributed by atoms with Gasteiger partial charge in [-0.2, -0.15) is 0 Å². The minimum absolute atomic E-state index is 0.0138. The molecule has 1 atom stereocenters. The fraction of sp³-hybridized carbons (Fsp3) is 0.412. The first kappa shape index (κ1) is 15.6. The Labute approximate surface area is 125 Å². The van der Waals surface area contributed by atoms with Crippen LogP contribution >= 0.6 is 0 Å². The Bertz CT molecular complexity index is 588. The number of hydrogen-bond acceptors (Lipinski definition) is 3. The van der Waals surface area contributed by atoms with Gasteiger partial charge < -0.3 is 5.32 Å². The third-order valence-corrected chi connectivity index (χ3v) is 3.39. The van der Waals surface area contributed by atoms with Gasteiger partial charge in [0.05, 0.1) is 5.69 Å². The molecule has 0 aliphatic carbocycles. The predicted molar refractivity (Wildman–Crippen MR) is 82.2 cm³/mol. The summed E-state index contributed by atoms with van der Waals surface area (Å²) >= 11 is 0. The maximum Gasteiger partial charge on any atom is 0.125 e. The molecular weight excluding hydrogens is 265 g/mol. The molecule has 112 valence electrons. The van der Waals surface area contributed by atoms with E-state index in [4.69, 9.17) is 0 Å². The van der Waals surface area contributed by atoms with Crippen LogP contribution in [0.5, 0.6) is 0 Å². The van der Waals surface area contributed by atoms with E-state index in [9.17, 15) is 4.39 Å². The van der Waals surface area contributed by atoms with Gasteiger partial charge in [-0.05, 0) is 36.1 Å². The van der Waals surface area contributed by atoms with Crippen molar-refractivity contribution in [2.75, 3.05) is 0 Å². The van der Waals surface area contributed by atoms with E-state index >= 15 is 0 Å². The van der Waals surface area contributed by atoms with Gasteiger partial charge >= 0.3 is 0 Å². The van der Waals surface area contributed by atoms with Crippen LogP contribution in [0, 0.1) is 18.2 Å². The van der Waals surface area contributed by atoms with E-state index in [1.807, 2.05) is 25.1 Å². The van der Waals surface area contributed by atoms with Crippen LogP contribution in [0.15, 0.2) is 36.5 Å². The van der Waals surface area contributed by atoms with Gasteiger partial charge in [0.1, 0.15) is 11.6 Å². The summed E-state index contributed by atoms with van der Waals surface area (Å²) in [5.41, 5.74) is 2.05. The van der Waals surface area contributed by atoms with E-state index in [-0.39, 0.29) is 17.3 Å². The second-order valence-corrected chi connectivity index (χ2v) is 6.33. The van der Waals surface area contributed by atoms with Crippen LogP contribution in [-0.2, 0) is 6.54 Å². The van der Waals surface area contributed by atoms with Crippen molar-refractivity contribution < 1.29 is 4.39 Å². The van der Waals surface area contributed by atoms with Gasteiger partial charge in [0, 0.05) is 18.8 Å². The van der Waals surface area contributed by atoms with Crippen molar-refractivity contribution in [2.24, 2.45) is 5.41 Å². The van der Waals surface area contributed by atoms with Crippen molar-refractivity contribution in [3.63, 3.8) is 0 Å². The fourth-order valence-electron chi connectivity index (χ4n) is 2.39. The summed E-state index contributed by atoms with van der Waals surface area (Å²) in [6.45, 7) is 9.03. The van der Waals surface area contributed by atoms with E-state index in [1.165, 1.54) is 12.1 Å². The third-order valence-electron chi connectivity index (χ3n) is 3.39. The first-order valence-electron chi connectivity index (χ1n) is 7.13. The molecule has 0 radical (unpaired) electrons. The Kier molecular flexibility index (Phi) is 4.68. The largest absolute Gasteiger partial charge is 0.304 e. The maximum atomic E-state index is 13.1. The van der Waals surface area contributed by atoms with Crippen LogP contribution in [0.1, 0.15) is 43.9 Å². The van der Waals surface area contributed by atoms with Gasteiger partial charge in [0.15, 0.2) is 0 Å². The van der Waals surface area contributed by atoms with E-state index in [0.29, 0.717) is 6.54 Å². The molecule has 0 bridgehead atoms. The number of benzene rings is 1. The molecule has 0 aliphatic rings. The summed E-state index contributed by atoms with van der Waals surface area (Å²) < 4.78 is 13.1. The Balaban J connectivity index is 2.16. The second-order valence-electron chi connectivity index (χ2n) is 6.33. The van der Waals surface area contributed by atoms with Crippen LogP contribution in [0.3, 0.4) is 0 Å². The van der Waals surface area contributed by atoms with Crippen LogP contribution in [0.4, 0.5) is 4.39 Å². The highest BCUT2D eigenvalue weighted by Crippen LogP contribution is 2.33. The molecule has 2 rings (SSSR count). The van der Waals surface area contributed by atoms with E-state index < -0.39 is 0 Å². The molecule has 1 aromatic heterocycles. The van der Waals surface area contributed by atoms with Crippen molar-refractivity contribution in [1.29, 1.82) is 0 Å². The SMILES string of the molecule is Cc1nccc(CNC(c2ccc(F)cc2)C(C)(C)C)n1. The molecule has 0 aliphatic heterocycles. The van der Waals surface area contributed by atoms with Gasteiger partial charge in [0.2, 0.25) is 0 Å². The molecule has 1 aromatic carbocycles. The lowest BCUT2D eigenvalue weighted by molar-refractivity contribution is 0.270. The lowest BCUT2D eigenvalue weighted by Crippen LogP contribution is -2.32. The van der Waals surface area contributed by atoms with Crippen molar-refractivity contribution >= 4 is 0 Å². The van der Waals surface area contributed by atoms with E-state index in [0.717, 1.165) is 17.1 Å². The predicted octanol–water partition coefficient (Wildman–Crippen LogP) is 3.80. The third kappa shape index (κ3) is 4.33. The standard InChI is InChI=1S/C17H22FN3/c1-12-19-10-9-15(21-12)11-20-16(17(2,3)4)13-5-7-14(18)8-6-13/h5-10,16,20H,11H2,1-4H3. The van der Waals surface area contributed by atoms with Crippen LogP contribution in [-0.4, -0.2) is 9.97 Å². The first-order chi connectivity index (χ1) is 9.86. The molecule has 1 unspecified atom stereocenters. The van der Waals surface area contributed by atoms with Gasteiger partial charge in [-0.25, -0.2) is 14.4 Å². The maximum absolute atomic E-state index is 13.1. The monoisotopic (exact) mass is 287 g/mol. The molecule has 1 heterocycles. The van der Waals surface area contributed by atoms with Crippen molar-refractivity contribution in [1.82, 2.24) is 15.3 Å². The number of aryl methyl sites for hydroxylation is 1. The number of rotatable bonds is 4. The molecule has 21 heavy (non-hydrogen) atoms. The smallest absolute Gasteiger partial charge is 0.125 e. The number of nitrogens with zero attached hydrogens (tertiary/aromatic N) is 2.